The van der Waals surface area contributed by atoms with Crippen LogP contribution in [0.4, 0.5) is 11.5 Å². The Bertz CT molecular complexity index is 896. The molecule has 134 valence electrons. The van der Waals surface area contributed by atoms with E-state index in [9.17, 15) is 0 Å². The van der Waals surface area contributed by atoms with Crippen LogP contribution < -0.4 is 20.9 Å². The first-order valence-electron chi connectivity index (χ1n) is 8.89. The highest BCUT2D eigenvalue weighted by molar-refractivity contribution is 5.93. The number of aryl methyl sites for hydroxylation is 1. The van der Waals surface area contributed by atoms with Crippen LogP contribution in [0.3, 0.4) is 0 Å². The number of benzene rings is 1. The van der Waals surface area contributed by atoms with E-state index in [0.717, 1.165) is 40.3 Å². The number of nitrogens with one attached hydrogen (secondary N) is 3. The molecule has 6 heteroatoms. The monoisotopic (exact) mass is 349 g/mol. The van der Waals surface area contributed by atoms with Crippen LogP contribution in [0.2, 0.25) is 0 Å². The molecule has 2 unspecified atom stereocenters. The molecule has 0 spiro atoms. The Labute approximate surface area is 153 Å². The third-order valence-corrected chi connectivity index (χ3v) is 4.78. The summed E-state index contributed by atoms with van der Waals surface area (Å²) in [6, 6.07) is 12.5. The molecule has 26 heavy (non-hydrogen) atoms. The lowest BCUT2D eigenvalue weighted by Gasteiger charge is -2.15. The summed E-state index contributed by atoms with van der Waals surface area (Å²) >= 11 is 0. The normalized spacial score (nSPS) is 19.6. The molecule has 0 radical (unpaired) electrons. The summed E-state index contributed by atoms with van der Waals surface area (Å²) in [5.74, 6) is 2.16. The van der Waals surface area contributed by atoms with Crippen LogP contribution in [-0.2, 0) is 0 Å². The van der Waals surface area contributed by atoms with Crippen molar-refractivity contribution in [2.24, 2.45) is 5.92 Å². The number of pyridine rings is 2. The van der Waals surface area contributed by atoms with E-state index in [4.69, 9.17) is 4.74 Å². The molecule has 1 saturated heterocycles. The third kappa shape index (κ3) is 3.61. The zero-order valence-corrected chi connectivity index (χ0v) is 15.0. The highest BCUT2D eigenvalue weighted by Gasteiger charge is 2.23. The van der Waals surface area contributed by atoms with Crippen LogP contribution in [0.1, 0.15) is 12.6 Å². The SMILES string of the molecule is Cc1ccc(Nc2nccc3cc(OCC4CNNC4C)ccc23)cn1. The zero-order chi connectivity index (χ0) is 17.9. The van der Waals surface area contributed by atoms with E-state index in [1.165, 1.54) is 0 Å². The van der Waals surface area contributed by atoms with E-state index in [-0.39, 0.29) is 0 Å². The van der Waals surface area contributed by atoms with Gasteiger partial charge in [0.05, 0.1) is 18.5 Å². The number of nitrogens with zero attached hydrogens (tertiary/aromatic N) is 2. The molecule has 2 aromatic heterocycles. The number of hydrogen-bond acceptors (Lipinski definition) is 6. The van der Waals surface area contributed by atoms with Gasteiger partial charge in [-0.2, -0.15) is 0 Å². The first-order valence-corrected chi connectivity index (χ1v) is 8.89. The number of rotatable bonds is 5. The van der Waals surface area contributed by atoms with Gasteiger partial charge in [-0.3, -0.25) is 15.8 Å². The number of anilines is 2. The fourth-order valence-electron chi connectivity index (χ4n) is 3.08. The van der Waals surface area contributed by atoms with E-state index in [1.807, 2.05) is 43.6 Å². The summed E-state index contributed by atoms with van der Waals surface area (Å²) < 4.78 is 6.01. The molecule has 0 saturated carbocycles. The molecule has 0 amide bonds. The molecule has 1 aliphatic rings. The second-order valence-corrected chi connectivity index (χ2v) is 6.74. The quantitative estimate of drug-likeness (QED) is 0.657. The van der Waals surface area contributed by atoms with Gasteiger partial charge in [0, 0.05) is 35.8 Å². The van der Waals surface area contributed by atoms with E-state index in [2.05, 4.69) is 45.2 Å². The van der Waals surface area contributed by atoms with Gasteiger partial charge in [-0.05, 0) is 55.6 Å². The van der Waals surface area contributed by atoms with Crippen molar-refractivity contribution >= 4 is 22.3 Å². The van der Waals surface area contributed by atoms with Crippen LogP contribution in [0.25, 0.3) is 10.8 Å². The van der Waals surface area contributed by atoms with Gasteiger partial charge in [0.1, 0.15) is 11.6 Å². The Balaban J connectivity index is 1.52. The fourth-order valence-corrected chi connectivity index (χ4v) is 3.08. The smallest absolute Gasteiger partial charge is 0.138 e. The minimum absolute atomic E-state index is 0.415. The molecular weight excluding hydrogens is 326 g/mol. The van der Waals surface area contributed by atoms with E-state index in [1.54, 1.807) is 0 Å². The molecule has 2 atom stereocenters. The average Bonchev–Trinajstić information content (AvgIpc) is 3.07. The summed E-state index contributed by atoms with van der Waals surface area (Å²) in [5, 5.41) is 5.49. The molecule has 4 rings (SSSR count). The number of fused-ring (bicyclic) bond motifs is 1. The van der Waals surface area contributed by atoms with Crippen LogP contribution in [0.5, 0.6) is 5.75 Å². The van der Waals surface area contributed by atoms with Crippen LogP contribution in [-0.4, -0.2) is 29.2 Å². The maximum absolute atomic E-state index is 6.01. The van der Waals surface area contributed by atoms with Crippen molar-refractivity contribution in [3.05, 3.63) is 54.5 Å². The van der Waals surface area contributed by atoms with Crippen LogP contribution in [0.15, 0.2) is 48.8 Å². The second kappa shape index (κ2) is 7.27. The number of hydrogen-bond donors (Lipinski definition) is 3. The van der Waals surface area contributed by atoms with Gasteiger partial charge in [0.15, 0.2) is 0 Å². The molecular formula is C20H23N5O. The average molecular weight is 349 g/mol. The van der Waals surface area contributed by atoms with Gasteiger partial charge in [-0.15, -0.1) is 0 Å². The van der Waals surface area contributed by atoms with Gasteiger partial charge in [0.25, 0.3) is 0 Å². The maximum atomic E-state index is 6.01. The zero-order valence-electron chi connectivity index (χ0n) is 15.0. The Kier molecular flexibility index (Phi) is 4.69. The Morgan fingerprint density at radius 1 is 1.19 bits per heavy atom. The van der Waals surface area contributed by atoms with Crippen LogP contribution >= 0.6 is 0 Å². The summed E-state index contributed by atoms with van der Waals surface area (Å²) in [7, 11) is 0. The maximum Gasteiger partial charge on any atom is 0.138 e. The molecule has 3 N–H and O–H groups in total. The summed E-state index contributed by atoms with van der Waals surface area (Å²) in [6.07, 6.45) is 3.63. The van der Waals surface area contributed by atoms with Gasteiger partial charge >= 0.3 is 0 Å². The Morgan fingerprint density at radius 3 is 2.88 bits per heavy atom. The first-order chi connectivity index (χ1) is 12.7. The van der Waals surface area contributed by atoms with Crippen LogP contribution in [0, 0.1) is 12.8 Å². The van der Waals surface area contributed by atoms with E-state index < -0.39 is 0 Å². The number of aromatic nitrogens is 2. The molecule has 1 fully saturated rings. The lowest BCUT2D eigenvalue weighted by atomic mass is 10.1. The second-order valence-electron chi connectivity index (χ2n) is 6.74. The number of hydrazine groups is 1. The minimum atomic E-state index is 0.415. The van der Waals surface area contributed by atoms with Crippen molar-refractivity contribution in [3.63, 3.8) is 0 Å². The van der Waals surface area contributed by atoms with Gasteiger partial charge < -0.3 is 10.1 Å². The standard InChI is InChI=1S/C20H23N5O/c1-13-3-4-17(11-22-13)24-20-19-6-5-18(9-15(19)7-8-21-20)26-12-16-10-23-25-14(16)2/h3-9,11,14,16,23,25H,10,12H2,1-2H3,(H,21,24). The predicted octanol–water partition coefficient (Wildman–Crippen LogP) is 3.17. The Hall–Kier alpha value is -2.70. The van der Waals surface area contributed by atoms with Gasteiger partial charge in [-0.1, -0.05) is 0 Å². The first kappa shape index (κ1) is 16.8. The molecule has 0 aliphatic carbocycles. The summed E-state index contributed by atoms with van der Waals surface area (Å²) in [6.45, 7) is 5.76. The summed E-state index contributed by atoms with van der Waals surface area (Å²) in [5.41, 5.74) is 8.30. The van der Waals surface area contributed by atoms with Crippen molar-refractivity contribution in [3.8, 4) is 5.75 Å². The van der Waals surface area contributed by atoms with Crippen molar-refractivity contribution < 1.29 is 4.74 Å². The minimum Gasteiger partial charge on any atom is -0.493 e. The molecule has 3 heterocycles. The lowest BCUT2D eigenvalue weighted by Crippen LogP contribution is -2.30. The van der Waals surface area contributed by atoms with Crippen molar-refractivity contribution in [2.45, 2.75) is 19.9 Å². The van der Waals surface area contributed by atoms with E-state index in [0.29, 0.717) is 18.6 Å². The third-order valence-electron chi connectivity index (χ3n) is 4.78. The van der Waals surface area contributed by atoms with E-state index >= 15 is 0 Å². The molecule has 6 nitrogen and oxygen atoms in total. The lowest BCUT2D eigenvalue weighted by molar-refractivity contribution is 0.247. The van der Waals surface area contributed by atoms with Crippen molar-refractivity contribution in [2.75, 3.05) is 18.5 Å². The topological polar surface area (TPSA) is 71.1 Å². The van der Waals surface area contributed by atoms with Gasteiger partial charge in [-0.25, -0.2) is 4.98 Å². The molecule has 3 aromatic rings. The molecule has 0 bridgehead atoms. The summed E-state index contributed by atoms with van der Waals surface area (Å²) in [4.78, 5) is 8.79. The molecule has 1 aromatic carbocycles. The number of ether oxygens (including phenoxy) is 1. The molecule has 1 aliphatic heterocycles. The predicted molar refractivity (Wildman–Crippen MR) is 104 cm³/mol. The highest BCUT2D eigenvalue weighted by Crippen LogP contribution is 2.27. The van der Waals surface area contributed by atoms with Gasteiger partial charge in [0.2, 0.25) is 0 Å². The largest absolute Gasteiger partial charge is 0.493 e. The Morgan fingerprint density at radius 2 is 2.12 bits per heavy atom. The highest BCUT2D eigenvalue weighted by atomic mass is 16.5. The van der Waals surface area contributed by atoms with Crippen molar-refractivity contribution in [1.82, 2.24) is 20.8 Å². The fraction of sp³-hybridized carbons (Fsp3) is 0.300. The van der Waals surface area contributed by atoms with Crippen molar-refractivity contribution in [1.29, 1.82) is 0 Å².